The first-order valence-electron chi connectivity index (χ1n) is 5.60. The molecule has 2 heterocycles. The SMILES string of the molecule is Cl.O=C1NCCCCC1N1CCNCC1. The summed E-state index contributed by atoms with van der Waals surface area (Å²) in [5.41, 5.74) is 0. The number of carbonyl (C=O) groups excluding carboxylic acids is 1. The molecule has 0 aromatic heterocycles. The molecule has 1 amide bonds. The molecule has 1 atom stereocenters. The van der Waals surface area contributed by atoms with E-state index in [2.05, 4.69) is 15.5 Å². The molecule has 0 spiro atoms. The molecule has 2 N–H and O–H groups in total. The van der Waals surface area contributed by atoms with Gasteiger partial charge in [-0.15, -0.1) is 12.4 Å². The molecule has 0 bridgehead atoms. The molecule has 4 nitrogen and oxygen atoms in total. The van der Waals surface area contributed by atoms with Crippen LogP contribution in [0.3, 0.4) is 0 Å². The Morgan fingerprint density at radius 1 is 1.13 bits per heavy atom. The van der Waals surface area contributed by atoms with Crippen LogP contribution in [0.5, 0.6) is 0 Å². The highest BCUT2D eigenvalue weighted by Gasteiger charge is 2.27. The monoisotopic (exact) mass is 233 g/mol. The van der Waals surface area contributed by atoms with Crippen LogP contribution in [0.2, 0.25) is 0 Å². The van der Waals surface area contributed by atoms with Crippen molar-refractivity contribution in [2.24, 2.45) is 0 Å². The summed E-state index contributed by atoms with van der Waals surface area (Å²) in [5, 5.41) is 6.30. The van der Waals surface area contributed by atoms with Gasteiger partial charge in [0.25, 0.3) is 0 Å². The molecule has 88 valence electrons. The van der Waals surface area contributed by atoms with Crippen molar-refractivity contribution in [3.8, 4) is 0 Å². The van der Waals surface area contributed by atoms with Crippen LogP contribution in [0.1, 0.15) is 19.3 Å². The molecule has 2 aliphatic heterocycles. The minimum atomic E-state index is 0. The summed E-state index contributed by atoms with van der Waals surface area (Å²) < 4.78 is 0. The van der Waals surface area contributed by atoms with Gasteiger partial charge in [-0.05, 0) is 19.3 Å². The molecule has 2 saturated heterocycles. The van der Waals surface area contributed by atoms with Crippen molar-refractivity contribution >= 4 is 18.3 Å². The highest BCUT2D eigenvalue weighted by Crippen LogP contribution is 2.12. The fourth-order valence-corrected chi connectivity index (χ4v) is 2.27. The van der Waals surface area contributed by atoms with Gasteiger partial charge < -0.3 is 10.6 Å². The smallest absolute Gasteiger partial charge is 0.237 e. The third kappa shape index (κ3) is 3.33. The third-order valence-corrected chi connectivity index (χ3v) is 3.10. The Hall–Kier alpha value is -0.320. The van der Waals surface area contributed by atoms with Crippen LogP contribution < -0.4 is 10.6 Å². The summed E-state index contributed by atoms with van der Waals surface area (Å²) in [7, 11) is 0. The lowest BCUT2D eigenvalue weighted by Crippen LogP contribution is -2.53. The average molecular weight is 234 g/mol. The van der Waals surface area contributed by atoms with Crippen molar-refractivity contribution in [2.75, 3.05) is 32.7 Å². The van der Waals surface area contributed by atoms with Gasteiger partial charge in [-0.3, -0.25) is 9.69 Å². The lowest BCUT2D eigenvalue weighted by molar-refractivity contribution is -0.126. The van der Waals surface area contributed by atoms with Crippen LogP contribution >= 0.6 is 12.4 Å². The molecule has 0 radical (unpaired) electrons. The Bertz CT molecular complexity index is 207. The van der Waals surface area contributed by atoms with Crippen molar-refractivity contribution < 1.29 is 4.79 Å². The maximum absolute atomic E-state index is 11.7. The molecule has 2 aliphatic rings. The van der Waals surface area contributed by atoms with Gasteiger partial charge in [0, 0.05) is 32.7 Å². The van der Waals surface area contributed by atoms with Gasteiger partial charge in [0.1, 0.15) is 0 Å². The van der Waals surface area contributed by atoms with Gasteiger partial charge in [0.2, 0.25) is 5.91 Å². The van der Waals surface area contributed by atoms with E-state index >= 15 is 0 Å². The molecule has 0 aromatic rings. The van der Waals surface area contributed by atoms with Crippen molar-refractivity contribution in [3.05, 3.63) is 0 Å². The Balaban J connectivity index is 0.00000112. The minimum Gasteiger partial charge on any atom is -0.355 e. The molecular weight excluding hydrogens is 214 g/mol. The molecule has 0 aliphatic carbocycles. The summed E-state index contributed by atoms with van der Waals surface area (Å²) in [6, 6.07) is 0.139. The number of halogens is 1. The van der Waals surface area contributed by atoms with Crippen LogP contribution in [0.15, 0.2) is 0 Å². The van der Waals surface area contributed by atoms with E-state index in [1.54, 1.807) is 0 Å². The van der Waals surface area contributed by atoms with E-state index in [1.165, 1.54) is 6.42 Å². The Kier molecular flexibility index (Phi) is 5.36. The van der Waals surface area contributed by atoms with E-state index in [1.807, 2.05) is 0 Å². The normalized spacial score (nSPS) is 28.8. The number of nitrogens with one attached hydrogen (secondary N) is 2. The summed E-state index contributed by atoms with van der Waals surface area (Å²) in [6.07, 6.45) is 3.34. The molecule has 0 aromatic carbocycles. The van der Waals surface area contributed by atoms with Crippen molar-refractivity contribution in [3.63, 3.8) is 0 Å². The Morgan fingerprint density at radius 2 is 1.87 bits per heavy atom. The summed E-state index contributed by atoms with van der Waals surface area (Å²) >= 11 is 0. The van der Waals surface area contributed by atoms with E-state index < -0.39 is 0 Å². The summed E-state index contributed by atoms with van der Waals surface area (Å²) in [4.78, 5) is 14.1. The topological polar surface area (TPSA) is 44.4 Å². The number of rotatable bonds is 1. The number of carbonyl (C=O) groups is 1. The fraction of sp³-hybridized carbons (Fsp3) is 0.900. The zero-order valence-corrected chi connectivity index (χ0v) is 9.81. The third-order valence-electron chi connectivity index (χ3n) is 3.10. The second-order valence-corrected chi connectivity index (χ2v) is 4.09. The molecule has 2 rings (SSSR count). The quantitative estimate of drug-likeness (QED) is 0.669. The van der Waals surface area contributed by atoms with Crippen molar-refractivity contribution in [1.82, 2.24) is 15.5 Å². The van der Waals surface area contributed by atoms with E-state index in [9.17, 15) is 4.79 Å². The standard InChI is InChI=1S/C10H19N3O.ClH/c14-10-9(3-1-2-4-12-10)13-7-5-11-6-8-13;/h9,11H,1-8H2,(H,12,14);1H. The predicted octanol–water partition coefficient (Wildman–Crippen LogP) is -0.0179. The second-order valence-electron chi connectivity index (χ2n) is 4.09. The lowest BCUT2D eigenvalue weighted by Gasteiger charge is -2.33. The van der Waals surface area contributed by atoms with E-state index in [-0.39, 0.29) is 24.4 Å². The van der Waals surface area contributed by atoms with Gasteiger partial charge in [0.15, 0.2) is 0 Å². The van der Waals surface area contributed by atoms with Gasteiger partial charge in [-0.2, -0.15) is 0 Å². The van der Waals surface area contributed by atoms with Crippen LogP contribution in [-0.4, -0.2) is 49.6 Å². The van der Waals surface area contributed by atoms with Gasteiger partial charge in [-0.25, -0.2) is 0 Å². The first-order valence-corrected chi connectivity index (χ1v) is 5.60. The van der Waals surface area contributed by atoms with Crippen molar-refractivity contribution in [1.29, 1.82) is 0 Å². The van der Waals surface area contributed by atoms with E-state index in [4.69, 9.17) is 0 Å². The van der Waals surface area contributed by atoms with Gasteiger partial charge in [-0.1, -0.05) is 0 Å². The zero-order chi connectivity index (χ0) is 9.80. The number of hydrogen-bond donors (Lipinski definition) is 2. The molecule has 5 heteroatoms. The average Bonchev–Trinajstić information content (AvgIpc) is 2.44. The van der Waals surface area contributed by atoms with Crippen LogP contribution in [0.25, 0.3) is 0 Å². The zero-order valence-electron chi connectivity index (χ0n) is 9.00. The Morgan fingerprint density at radius 3 is 2.60 bits per heavy atom. The lowest BCUT2D eigenvalue weighted by atomic mass is 10.1. The fourth-order valence-electron chi connectivity index (χ4n) is 2.27. The van der Waals surface area contributed by atoms with Gasteiger partial charge >= 0.3 is 0 Å². The summed E-state index contributed by atoms with van der Waals surface area (Å²) in [5.74, 6) is 0.240. The minimum absolute atomic E-state index is 0. The maximum atomic E-state index is 11.7. The number of hydrogen-bond acceptors (Lipinski definition) is 3. The van der Waals surface area contributed by atoms with Crippen LogP contribution in [-0.2, 0) is 4.79 Å². The van der Waals surface area contributed by atoms with Crippen LogP contribution in [0.4, 0.5) is 0 Å². The Labute approximate surface area is 97.2 Å². The number of nitrogens with zero attached hydrogens (tertiary/aromatic N) is 1. The van der Waals surface area contributed by atoms with E-state index in [0.29, 0.717) is 0 Å². The second kappa shape index (κ2) is 6.30. The van der Waals surface area contributed by atoms with Crippen LogP contribution in [0, 0.1) is 0 Å². The van der Waals surface area contributed by atoms with E-state index in [0.717, 1.165) is 45.6 Å². The first kappa shape index (κ1) is 12.7. The molecular formula is C10H20ClN3O. The number of amides is 1. The summed E-state index contributed by atoms with van der Waals surface area (Å²) in [6.45, 7) is 4.92. The highest BCUT2D eigenvalue weighted by molar-refractivity contribution is 5.85. The molecule has 15 heavy (non-hydrogen) atoms. The van der Waals surface area contributed by atoms with Gasteiger partial charge in [0.05, 0.1) is 6.04 Å². The molecule has 2 fully saturated rings. The molecule has 1 unspecified atom stereocenters. The number of piperazine rings is 1. The highest BCUT2D eigenvalue weighted by atomic mass is 35.5. The molecule has 0 saturated carbocycles. The maximum Gasteiger partial charge on any atom is 0.237 e. The largest absolute Gasteiger partial charge is 0.355 e. The van der Waals surface area contributed by atoms with Crippen molar-refractivity contribution in [2.45, 2.75) is 25.3 Å². The first-order chi connectivity index (χ1) is 6.88. The predicted molar refractivity (Wildman–Crippen MR) is 62.3 cm³/mol.